The van der Waals surface area contributed by atoms with Crippen LogP contribution in [0.25, 0.3) is 0 Å². The van der Waals surface area contributed by atoms with Crippen molar-refractivity contribution in [1.29, 1.82) is 0 Å². The van der Waals surface area contributed by atoms with E-state index in [9.17, 15) is 0 Å². The van der Waals surface area contributed by atoms with E-state index in [2.05, 4.69) is 24.0 Å². The fourth-order valence-corrected chi connectivity index (χ4v) is 0.303. The van der Waals surface area contributed by atoms with E-state index in [0.717, 1.165) is 0 Å². The predicted molar refractivity (Wildman–Crippen MR) is 26.3 cm³/mol. The van der Waals surface area contributed by atoms with Crippen molar-refractivity contribution in [3.8, 4) is 0 Å². The average Bonchev–Trinajstić information content (AvgIpc) is 2.21. The first-order chi connectivity index (χ1) is 2.93. The summed E-state index contributed by atoms with van der Waals surface area (Å²) >= 11 is 0. The Morgan fingerprint density at radius 2 is 2.33 bits per heavy atom. The van der Waals surface area contributed by atoms with Crippen molar-refractivity contribution in [3.05, 3.63) is 24.9 Å². The zero-order valence-corrected chi connectivity index (χ0v) is 3.52. The molecule has 0 fully saturated rings. The maximum atomic E-state index is 3.49. The molecule has 0 aliphatic heterocycles. The van der Waals surface area contributed by atoms with E-state index in [1.54, 1.807) is 6.20 Å². The summed E-state index contributed by atoms with van der Waals surface area (Å²) in [5.41, 5.74) is 0. The molecule has 0 bridgehead atoms. The molecular weight excluding hydrogens is 74.1 g/mol. The van der Waals surface area contributed by atoms with Gasteiger partial charge in [0.05, 0.1) is 6.04 Å². The van der Waals surface area contributed by atoms with Crippen LogP contribution in [0.5, 0.6) is 0 Å². The Hall–Kier alpha value is -0.720. The molecule has 1 nitrogen and oxygen atoms in total. The Balaban J connectivity index is 2.04. The highest BCUT2D eigenvalue weighted by atomic mass is 14.9. The lowest BCUT2D eigenvalue weighted by molar-refractivity contribution is 0.924. The molecule has 1 rings (SSSR count). The Kier molecular flexibility index (Phi) is 0.675. The zero-order valence-electron chi connectivity index (χ0n) is 3.52. The van der Waals surface area contributed by atoms with Gasteiger partial charge in [0.2, 0.25) is 0 Å². The van der Waals surface area contributed by atoms with Crippen molar-refractivity contribution in [2.75, 3.05) is 0 Å². The van der Waals surface area contributed by atoms with Gasteiger partial charge in [-0.05, 0) is 6.20 Å². The first-order valence-corrected chi connectivity index (χ1v) is 1.99. The van der Waals surface area contributed by atoms with Gasteiger partial charge in [0.1, 0.15) is 0 Å². The van der Waals surface area contributed by atoms with Gasteiger partial charge in [-0.2, -0.15) is 0 Å². The first kappa shape index (κ1) is 3.47. The molecule has 0 saturated heterocycles. The Morgan fingerprint density at radius 3 is 2.50 bits per heavy atom. The molecule has 1 aliphatic rings. The normalized spacial score (nSPS) is 17.3. The van der Waals surface area contributed by atoms with Gasteiger partial charge in [-0.15, -0.1) is 0 Å². The summed E-state index contributed by atoms with van der Waals surface area (Å²) in [7, 11) is 0. The molecular formula is C5H7N. The van der Waals surface area contributed by atoms with Crippen molar-refractivity contribution in [3.63, 3.8) is 0 Å². The molecule has 0 aromatic carbocycles. The minimum Gasteiger partial charge on any atom is -0.382 e. The minimum atomic E-state index is 0.530. The first-order valence-electron chi connectivity index (χ1n) is 1.99. The standard InChI is InChI=1S/C5H7N/c1-2-6-5-3-4-5/h2-6H,1H2. The smallest absolute Gasteiger partial charge is 0.0624 e. The fraction of sp³-hybridized carbons (Fsp3) is 0.200. The Morgan fingerprint density at radius 1 is 1.67 bits per heavy atom. The third-order valence-electron chi connectivity index (χ3n) is 0.695. The highest BCUT2D eigenvalue weighted by Gasteiger charge is 2.04. The zero-order chi connectivity index (χ0) is 4.41. The lowest BCUT2D eigenvalue weighted by Gasteiger charge is -1.88. The number of hydrogen-bond acceptors (Lipinski definition) is 1. The van der Waals surface area contributed by atoms with Crippen LogP contribution in [0.15, 0.2) is 24.9 Å². The van der Waals surface area contributed by atoms with Crippen LogP contribution in [0.4, 0.5) is 0 Å². The summed E-state index contributed by atoms with van der Waals surface area (Å²) in [6, 6.07) is 0.530. The molecule has 0 aromatic rings. The monoisotopic (exact) mass is 81.1 g/mol. The lowest BCUT2D eigenvalue weighted by Crippen LogP contribution is -2.06. The molecule has 0 saturated carbocycles. The summed E-state index contributed by atoms with van der Waals surface area (Å²) in [6.45, 7) is 3.49. The second-order valence-electron chi connectivity index (χ2n) is 1.28. The second kappa shape index (κ2) is 1.17. The summed E-state index contributed by atoms with van der Waals surface area (Å²) < 4.78 is 0. The van der Waals surface area contributed by atoms with Crippen LogP contribution in [-0.4, -0.2) is 6.04 Å². The lowest BCUT2D eigenvalue weighted by atomic mass is 10.6. The van der Waals surface area contributed by atoms with Crippen LogP contribution in [0.1, 0.15) is 0 Å². The van der Waals surface area contributed by atoms with Crippen molar-refractivity contribution < 1.29 is 0 Å². The average molecular weight is 81.1 g/mol. The van der Waals surface area contributed by atoms with Crippen LogP contribution < -0.4 is 5.32 Å². The Bertz CT molecular complexity index is 77.9. The molecule has 6 heavy (non-hydrogen) atoms. The fourth-order valence-electron chi connectivity index (χ4n) is 0.303. The van der Waals surface area contributed by atoms with Gasteiger partial charge in [-0.1, -0.05) is 18.7 Å². The quantitative estimate of drug-likeness (QED) is 0.481. The molecule has 0 amide bonds. The summed E-state index contributed by atoms with van der Waals surface area (Å²) in [6.07, 6.45) is 5.84. The van der Waals surface area contributed by atoms with Crippen LogP contribution in [0.2, 0.25) is 0 Å². The highest BCUT2D eigenvalue weighted by Crippen LogP contribution is 2.01. The van der Waals surface area contributed by atoms with Gasteiger partial charge in [-0.25, -0.2) is 0 Å². The van der Waals surface area contributed by atoms with Gasteiger partial charge in [0, 0.05) is 0 Å². The number of rotatable bonds is 2. The molecule has 1 N–H and O–H groups in total. The van der Waals surface area contributed by atoms with E-state index < -0.39 is 0 Å². The van der Waals surface area contributed by atoms with E-state index >= 15 is 0 Å². The van der Waals surface area contributed by atoms with Crippen molar-refractivity contribution in [2.24, 2.45) is 0 Å². The summed E-state index contributed by atoms with van der Waals surface area (Å²) in [5.74, 6) is 0. The molecule has 0 aromatic heterocycles. The summed E-state index contributed by atoms with van der Waals surface area (Å²) in [5, 5.41) is 2.97. The van der Waals surface area contributed by atoms with Crippen LogP contribution in [-0.2, 0) is 0 Å². The molecule has 0 unspecified atom stereocenters. The van der Waals surface area contributed by atoms with Gasteiger partial charge < -0.3 is 5.32 Å². The van der Waals surface area contributed by atoms with E-state index in [1.165, 1.54) is 0 Å². The molecule has 0 spiro atoms. The number of hydrogen-bond donors (Lipinski definition) is 1. The van der Waals surface area contributed by atoms with E-state index in [4.69, 9.17) is 0 Å². The molecule has 0 atom stereocenters. The molecule has 1 aliphatic carbocycles. The van der Waals surface area contributed by atoms with E-state index in [-0.39, 0.29) is 0 Å². The largest absolute Gasteiger partial charge is 0.382 e. The van der Waals surface area contributed by atoms with Crippen molar-refractivity contribution in [2.45, 2.75) is 6.04 Å². The van der Waals surface area contributed by atoms with E-state index in [1.807, 2.05) is 0 Å². The molecule has 1 heteroatoms. The van der Waals surface area contributed by atoms with E-state index in [0.29, 0.717) is 6.04 Å². The maximum absolute atomic E-state index is 3.49. The van der Waals surface area contributed by atoms with Crippen LogP contribution in [0, 0.1) is 0 Å². The predicted octanol–water partition coefficient (Wildman–Crippen LogP) is 0.658. The second-order valence-corrected chi connectivity index (χ2v) is 1.28. The van der Waals surface area contributed by atoms with Gasteiger partial charge >= 0.3 is 0 Å². The van der Waals surface area contributed by atoms with Crippen LogP contribution in [0.3, 0.4) is 0 Å². The molecule has 32 valence electrons. The van der Waals surface area contributed by atoms with Crippen molar-refractivity contribution >= 4 is 0 Å². The van der Waals surface area contributed by atoms with Crippen molar-refractivity contribution in [1.82, 2.24) is 5.32 Å². The SMILES string of the molecule is C=CNC1C=C1. The third-order valence-corrected chi connectivity index (χ3v) is 0.695. The third kappa shape index (κ3) is 0.612. The number of nitrogens with one attached hydrogen (secondary N) is 1. The maximum Gasteiger partial charge on any atom is 0.0624 e. The van der Waals surface area contributed by atoms with Gasteiger partial charge in [0.15, 0.2) is 0 Å². The molecule has 0 radical (unpaired) electrons. The summed E-state index contributed by atoms with van der Waals surface area (Å²) in [4.78, 5) is 0. The minimum absolute atomic E-state index is 0.530. The topological polar surface area (TPSA) is 12.0 Å². The van der Waals surface area contributed by atoms with Gasteiger partial charge in [0.25, 0.3) is 0 Å². The van der Waals surface area contributed by atoms with Gasteiger partial charge in [-0.3, -0.25) is 0 Å². The van der Waals surface area contributed by atoms with Crippen LogP contribution >= 0.6 is 0 Å². The Labute approximate surface area is 37.4 Å². The highest BCUT2D eigenvalue weighted by molar-refractivity contribution is 5.20. The molecule has 0 heterocycles.